The lowest BCUT2D eigenvalue weighted by atomic mass is 10.2. The average Bonchev–Trinajstić information content (AvgIpc) is 3.32. The van der Waals surface area contributed by atoms with E-state index in [2.05, 4.69) is 41.9 Å². The van der Waals surface area contributed by atoms with Crippen LogP contribution in [0.5, 0.6) is 0 Å². The monoisotopic (exact) mass is 385 g/mol. The summed E-state index contributed by atoms with van der Waals surface area (Å²) in [6.07, 6.45) is 4.83. The van der Waals surface area contributed by atoms with E-state index in [1.807, 2.05) is 18.7 Å². The minimum atomic E-state index is -0.221. The molecule has 0 bridgehead atoms. The van der Waals surface area contributed by atoms with Crippen molar-refractivity contribution < 1.29 is 9.21 Å². The standard InChI is InChI=1S/C21H27N3O2S/c1-4-6-11-24-18-10-9-16(27-13-5-2)14-17(18)23-20(24)15(3)22-21(25)19-8-7-12-26-19/h7-10,12,14-15H,4-6,11,13H2,1-3H3,(H,22,25). The lowest BCUT2D eigenvalue weighted by Gasteiger charge is -2.15. The molecule has 0 saturated heterocycles. The van der Waals surface area contributed by atoms with Gasteiger partial charge in [-0.15, -0.1) is 11.8 Å². The van der Waals surface area contributed by atoms with Crippen molar-refractivity contribution in [2.75, 3.05) is 5.75 Å². The van der Waals surface area contributed by atoms with Gasteiger partial charge in [-0.3, -0.25) is 4.79 Å². The number of aromatic nitrogens is 2. The third-order valence-electron chi connectivity index (χ3n) is 4.44. The highest BCUT2D eigenvalue weighted by atomic mass is 32.2. The van der Waals surface area contributed by atoms with Gasteiger partial charge in [-0.25, -0.2) is 4.98 Å². The normalized spacial score (nSPS) is 12.4. The first-order valence-corrected chi connectivity index (χ1v) is 10.6. The zero-order valence-corrected chi connectivity index (χ0v) is 17.0. The van der Waals surface area contributed by atoms with E-state index in [0.29, 0.717) is 5.76 Å². The maximum Gasteiger partial charge on any atom is 0.287 e. The fourth-order valence-corrected chi connectivity index (χ4v) is 3.86. The van der Waals surface area contributed by atoms with E-state index in [1.165, 1.54) is 11.2 Å². The Morgan fingerprint density at radius 1 is 1.30 bits per heavy atom. The van der Waals surface area contributed by atoms with Crippen LogP contribution in [0.15, 0.2) is 45.9 Å². The number of aryl methyl sites for hydroxylation is 1. The second-order valence-electron chi connectivity index (χ2n) is 6.65. The Hall–Kier alpha value is -2.21. The Kier molecular flexibility index (Phi) is 6.61. The fourth-order valence-electron chi connectivity index (χ4n) is 3.06. The third-order valence-corrected chi connectivity index (χ3v) is 5.64. The second kappa shape index (κ2) is 9.13. The summed E-state index contributed by atoms with van der Waals surface area (Å²) in [5, 5.41) is 3.00. The maximum atomic E-state index is 12.4. The van der Waals surface area contributed by atoms with Gasteiger partial charge in [0.05, 0.1) is 23.3 Å². The van der Waals surface area contributed by atoms with Crippen LogP contribution in [0.25, 0.3) is 11.0 Å². The molecule has 0 aliphatic rings. The summed E-state index contributed by atoms with van der Waals surface area (Å²) >= 11 is 1.85. The summed E-state index contributed by atoms with van der Waals surface area (Å²) in [7, 11) is 0. The number of unbranched alkanes of at least 4 members (excludes halogenated alkanes) is 1. The Morgan fingerprint density at radius 2 is 2.15 bits per heavy atom. The van der Waals surface area contributed by atoms with E-state index in [-0.39, 0.29) is 11.9 Å². The van der Waals surface area contributed by atoms with Gasteiger partial charge in [0.2, 0.25) is 0 Å². The minimum absolute atomic E-state index is 0.210. The molecule has 144 valence electrons. The predicted octanol–water partition coefficient (Wildman–Crippen LogP) is 5.42. The number of fused-ring (bicyclic) bond motifs is 1. The molecule has 0 aliphatic carbocycles. The van der Waals surface area contributed by atoms with Crippen LogP contribution in [0.3, 0.4) is 0 Å². The lowest BCUT2D eigenvalue weighted by molar-refractivity contribution is 0.0909. The van der Waals surface area contributed by atoms with Gasteiger partial charge in [-0.05, 0) is 55.9 Å². The number of carbonyl (C=O) groups is 1. The van der Waals surface area contributed by atoms with Crippen molar-refractivity contribution in [2.45, 2.75) is 57.5 Å². The summed E-state index contributed by atoms with van der Waals surface area (Å²) in [6, 6.07) is 9.65. The molecule has 27 heavy (non-hydrogen) atoms. The SMILES string of the molecule is CCCCn1c(C(C)NC(=O)c2ccco2)nc2cc(SCCC)ccc21. The van der Waals surface area contributed by atoms with Crippen LogP contribution < -0.4 is 5.32 Å². The highest BCUT2D eigenvalue weighted by Gasteiger charge is 2.20. The topological polar surface area (TPSA) is 60.1 Å². The molecule has 2 heterocycles. The van der Waals surface area contributed by atoms with E-state index >= 15 is 0 Å². The van der Waals surface area contributed by atoms with Crippen LogP contribution in [-0.4, -0.2) is 21.2 Å². The Labute approximate surface area is 164 Å². The molecule has 1 N–H and O–H groups in total. The molecular weight excluding hydrogens is 358 g/mol. The number of carbonyl (C=O) groups excluding carboxylic acids is 1. The fraction of sp³-hybridized carbons (Fsp3) is 0.429. The van der Waals surface area contributed by atoms with Crippen molar-refractivity contribution in [1.82, 2.24) is 14.9 Å². The number of rotatable bonds is 9. The van der Waals surface area contributed by atoms with Crippen molar-refractivity contribution in [1.29, 1.82) is 0 Å². The molecule has 2 aromatic heterocycles. The highest BCUT2D eigenvalue weighted by molar-refractivity contribution is 7.99. The minimum Gasteiger partial charge on any atom is -0.459 e. The van der Waals surface area contributed by atoms with Crippen molar-refractivity contribution in [3.8, 4) is 0 Å². The van der Waals surface area contributed by atoms with E-state index in [9.17, 15) is 4.79 Å². The van der Waals surface area contributed by atoms with Crippen LogP contribution >= 0.6 is 11.8 Å². The number of nitrogens with zero attached hydrogens (tertiary/aromatic N) is 2. The summed E-state index contributed by atoms with van der Waals surface area (Å²) < 4.78 is 7.43. The molecule has 1 atom stereocenters. The first-order chi connectivity index (χ1) is 13.1. The Balaban J connectivity index is 1.90. The average molecular weight is 386 g/mol. The van der Waals surface area contributed by atoms with Crippen LogP contribution in [0, 0.1) is 0 Å². The highest BCUT2D eigenvalue weighted by Crippen LogP contribution is 2.27. The van der Waals surface area contributed by atoms with E-state index in [0.717, 1.165) is 48.4 Å². The number of benzene rings is 1. The van der Waals surface area contributed by atoms with Crippen LogP contribution in [-0.2, 0) is 6.54 Å². The predicted molar refractivity (Wildman–Crippen MR) is 110 cm³/mol. The molecule has 1 unspecified atom stereocenters. The summed E-state index contributed by atoms with van der Waals surface area (Å²) in [4.78, 5) is 18.5. The molecule has 0 radical (unpaired) electrons. The van der Waals surface area contributed by atoms with Gasteiger partial charge in [0.15, 0.2) is 5.76 Å². The van der Waals surface area contributed by atoms with Gasteiger partial charge in [0.25, 0.3) is 5.91 Å². The first-order valence-electron chi connectivity index (χ1n) is 9.61. The van der Waals surface area contributed by atoms with E-state index in [4.69, 9.17) is 9.40 Å². The van der Waals surface area contributed by atoms with E-state index < -0.39 is 0 Å². The van der Waals surface area contributed by atoms with Gasteiger partial charge in [0.1, 0.15) is 5.82 Å². The molecule has 1 amide bonds. The third kappa shape index (κ3) is 4.56. The number of thioether (sulfide) groups is 1. The van der Waals surface area contributed by atoms with Gasteiger partial charge in [-0.1, -0.05) is 20.3 Å². The maximum absolute atomic E-state index is 12.4. The van der Waals surface area contributed by atoms with Crippen molar-refractivity contribution in [2.24, 2.45) is 0 Å². The molecular formula is C21H27N3O2S. The molecule has 1 aromatic carbocycles. The largest absolute Gasteiger partial charge is 0.459 e. The zero-order chi connectivity index (χ0) is 19.2. The van der Waals surface area contributed by atoms with Gasteiger partial charge in [-0.2, -0.15) is 0 Å². The second-order valence-corrected chi connectivity index (χ2v) is 7.81. The van der Waals surface area contributed by atoms with E-state index in [1.54, 1.807) is 12.1 Å². The molecule has 0 fully saturated rings. The van der Waals surface area contributed by atoms with Crippen LogP contribution in [0.2, 0.25) is 0 Å². The molecule has 6 heteroatoms. The lowest BCUT2D eigenvalue weighted by Crippen LogP contribution is -2.28. The quantitative estimate of drug-likeness (QED) is 0.500. The van der Waals surface area contributed by atoms with Crippen molar-refractivity contribution in [3.63, 3.8) is 0 Å². The van der Waals surface area contributed by atoms with Crippen molar-refractivity contribution >= 4 is 28.7 Å². The summed E-state index contributed by atoms with van der Waals surface area (Å²) in [5.74, 6) is 2.08. The smallest absolute Gasteiger partial charge is 0.287 e. The molecule has 3 rings (SSSR count). The Bertz CT molecular complexity index is 886. The number of nitrogens with one attached hydrogen (secondary N) is 1. The van der Waals surface area contributed by atoms with Crippen LogP contribution in [0.1, 0.15) is 62.5 Å². The molecule has 0 aliphatic heterocycles. The van der Waals surface area contributed by atoms with Crippen LogP contribution in [0.4, 0.5) is 0 Å². The van der Waals surface area contributed by atoms with Gasteiger partial charge >= 0.3 is 0 Å². The molecule has 5 nitrogen and oxygen atoms in total. The number of amides is 1. The summed E-state index contributed by atoms with van der Waals surface area (Å²) in [5.41, 5.74) is 2.11. The van der Waals surface area contributed by atoms with Gasteiger partial charge in [0, 0.05) is 11.4 Å². The summed E-state index contributed by atoms with van der Waals surface area (Å²) in [6.45, 7) is 7.23. The van der Waals surface area contributed by atoms with Crippen molar-refractivity contribution in [3.05, 3.63) is 48.2 Å². The Morgan fingerprint density at radius 3 is 2.85 bits per heavy atom. The number of hydrogen-bond acceptors (Lipinski definition) is 4. The number of hydrogen-bond donors (Lipinski definition) is 1. The molecule has 3 aromatic rings. The zero-order valence-electron chi connectivity index (χ0n) is 16.2. The molecule has 0 saturated carbocycles. The first kappa shape index (κ1) is 19.5. The number of imidazole rings is 1. The molecule has 0 spiro atoms. The number of furan rings is 1. The van der Waals surface area contributed by atoms with Gasteiger partial charge < -0.3 is 14.3 Å².